The molecule has 0 aromatic rings. The topological polar surface area (TPSA) is 113 Å². The second kappa shape index (κ2) is 7.14. The molecular formula is C10H19N3O5. The van der Waals surface area contributed by atoms with E-state index in [9.17, 15) is 9.59 Å². The van der Waals surface area contributed by atoms with Crippen LogP contribution in [0.2, 0.25) is 0 Å². The minimum Gasteiger partial charge on any atom is -0.479 e. The number of hydrogen-bond donors (Lipinski definition) is 4. The Morgan fingerprint density at radius 3 is 2.33 bits per heavy atom. The SMILES string of the molecule is O=C(O)[C@@H](O)CNC(=O)N1CCN(CCO)CC1. The molecular weight excluding hydrogens is 242 g/mol. The van der Waals surface area contributed by atoms with Crippen LogP contribution >= 0.6 is 0 Å². The monoisotopic (exact) mass is 261 g/mol. The van der Waals surface area contributed by atoms with E-state index in [-0.39, 0.29) is 19.2 Å². The molecule has 8 heteroatoms. The minimum absolute atomic E-state index is 0.0942. The molecule has 4 N–H and O–H groups in total. The zero-order valence-corrected chi connectivity index (χ0v) is 10.1. The Hall–Kier alpha value is -1.38. The van der Waals surface area contributed by atoms with Gasteiger partial charge in [0.15, 0.2) is 6.10 Å². The van der Waals surface area contributed by atoms with Gasteiger partial charge < -0.3 is 25.5 Å². The molecule has 0 aromatic heterocycles. The van der Waals surface area contributed by atoms with Gasteiger partial charge in [-0.1, -0.05) is 0 Å². The predicted octanol–water partition coefficient (Wildman–Crippen LogP) is -2.25. The fourth-order valence-electron chi connectivity index (χ4n) is 1.70. The molecule has 1 saturated heterocycles. The lowest BCUT2D eigenvalue weighted by molar-refractivity contribution is -0.146. The molecule has 0 bridgehead atoms. The van der Waals surface area contributed by atoms with E-state index in [0.29, 0.717) is 32.7 Å². The number of nitrogens with zero attached hydrogens (tertiary/aromatic N) is 2. The highest BCUT2D eigenvalue weighted by Gasteiger charge is 2.22. The smallest absolute Gasteiger partial charge is 0.334 e. The number of urea groups is 1. The highest BCUT2D eigenvalue weighted by atomic mass is 16.4. The molecule has 1 aliphatic heterocycles. The summed E-state index contributed by atoms with van der Waals surface area (Å²) in [7, 11) is 0. The molecule has 0 aromatic carbocycles. The number of rotatable bonds is 5. The number of carboxylic acid groups (broad SMARTS) is 1. The van der Waals surface area contributed by atoms with Crippen molar-refractivity contribution in [1.29, 1.82) is 0 Å². The molecule has 0 unspecified atom stereocenters. The molecule has 0 saturated carbocycles. The molecule has 1 rings (SSSR count). The number of piperazine rings is 1. The zero-order chi connectivity index (χ0) is 13.5. The van der Waals surface area contributed by atoms with E-state index >= 15 is 0 Å². The van der Waals surface area contributed by atoms with E-state index in [1.165, 1.54) is 0 Å². The van der Waals surface area contributed by atoms with Gasteiger partial charge in [-0.25, -0.2) is 9.59 Å². The number of carboxylic acids is 1. The number of carbonyl (C=O) groups excluding carboxylic acids is 1. The first kappa shape index (κ1) is 14.7. The van der Waals surface area contributed by atoms with Crippen LogP contribution in [0.25, 0.3) is 0 Å². The normalized spacial score (nSPS) is 18.4. The second-order valence-corrected chi connectivity index (χ2v) is 4.09. The van der Waals surface area contributed by atoms with Crippen LogP contribution < -0.4 is 5.32 Å². The Bertz CT molecular complexity index is 291. The van der Waals surface area contributed by atoms with Gasteiger partial charge in [0.2, 0.25) is 0 Å². The minimum atomic E-state index is -1.58. The fourth-order valence-corrected chi connectivity index (χ4v) is 1.70. The van der Waals surface area contributed by atoms with Gasteiger partial charge in [-0.3, -0.25) is 4.90 Å². The fraction of sp³-hybridized carbons (Fsp3) is 0.800. The lowest BCUT2D eigenvalue weighted by Gasteiger charge is -2.34. The maximum atomic E-state index is 11.6. The largest absolute Gasteiger partial charge is 0.479 e. The molecule has 1 heterocycles. The van der Waals surface area contributed by atoms with Gasteiger partial charge in [0, 0.05) is 32.7 Å². The Morgan fingerprint density at radius 1 is 1.22 bits per heavy atom. The van der Waals surface area contributed by atoms with Gasteiger partial charge in [0.05, 0.1) is 13.2 Å². The van der Waals surface area contributed by atoms with E-state index in [2.05, 4.69) is 5.32 Å². The average molecular weight is 261 g/mol. The lowest BCUT2D eigenvalue weighted by Crippen LogP contribution is -2.53. The summed E-state index contributed by atoms with van der Waals surface area (Å²) in [5.74, 6) is -1.36. The van der Waals surface area contributed by atoms with Crippen LogP contribution in [-0.4, -0.2) is 89.1 Å². The summed E-state index contributed by atoms with van der Waals surface area (Å²) in [6.07, 6.45) is -1.58. The first-order valence-corrected chi connectivity index (χ1v) is 5.81. The number of nitrogens with one attached hydrogen (secondary N) is 1. The van der Waals surface area contributed by atoms with Gasteiger partial charge >= 0.3 is 12.0 Å². The van der Waals surface area contributed by atoms with Crippen molar-refractivity contribution in [3.8, 4) is 0 Å². The van der Waals surface area contributed by atoms with Crippen LogP contribution in [0.15, 0.2) is 0 Å². The van der Waals surface area contributed by atoms with Crippen molar-refractivity contribution >= 4 is 12.0 Å². The van der Waals surface area contributed by atoms with Crippen molar-refractivity contribution in [2.24, 2.45) is 0 Å². The zero-order valence-electron chi connectivity index (χ0n) is 10.1. The summed E-state index contributed by atoms with van der Waals surface area (Å²) in [6.45, 7) is 2.78. The van der Waals surface area contributed by atoms with Gasteiger partial charge in [-0.2, -0.15) is 0 Å². The van der Waals surface area contributed by atoms with Crippen LogP contribution in [0.5, 0.6) is 0 Å². The summed E-state index contributed by atoms with van der Waals surface area (Å²) in [5.41, 5.74) is 0. The quantitative estimate of drug-likeness (QED) is 0.445. The molecule has 2 amide bonds. The summed E-state index contributed by atoms with van der Waals surface area (Å²) >= 11 is 0. The van der Waals surface area contributed by atoms with E-state index in [1.807, 2.05) is 4.90 Å². The van der Waals surface area contributed by atoms with Crippen molar-refractivity contribution in [2.75, 3.05) is 45.9 Å². The van der Waals surface area contributed by atoms with Crippen LogP contribution in [0, 0.1) is 0 Å². The van der Waals surface area contributed by atoms with Gasteiger partial charge in [0.25, 0.3) is 0 Å². The molecule has 0 radical (unpaired) electrons. The third-order valence-electron chi connectivity index (χ3n) is 2.81. The van der Waals surface area contributed by atoms with Crippen molar-refractivity contribution < 1.29 is 24.9 Å². The maximum absolute atomic E-state index is 11.6. The van der Waals surface area contributed by atoms with Crippen molar-refractivity contribution in [1.82, 2.24) is 15.1 Å². The van der Waals surface area contributed by atoms with Crippen LogP contribution in [0.3, 0.4) is 0 Å². The second-order valence-electron chi connectivity index (χ2n) is 4.09. The van der Waals surface area contributed by atoms with Crippen molar-refractivity contribution in [2.45, 2.75) is 6.10 Å². The molecule has 8 nitrogen and oxygen atoms in total. The number of aliphatic hydroxyl groups excluding tert-OH is 2. The summed E-state index contributed by atoms with van der Waals surface area (Å²) < 4.78 is 0. The Labute approximate surface area is 105 Å². The van der Waals surface area contributed by atoms with E-state index in [0.717, 1.165) is 0 Å². The first-order chi connectivity index (χ1) is 8.54. The Morgan fingerprint density at radius 2 is 1.83 bits per heavy atom. The Kier molecular flexibility index (Phi) is 5.83. The molecule has 0 aliphatic carbocycles. The predicted molar refractivity (Wildman–Crippen MR) is 62.1 cm³/mol. The molecule has 0 spiro atoms. The van der Waals surface area contributed by atoms with Gasteiger partial charge in [-0.15, -0.1) is 0 Å². The standard InChI is InChI=1S/C10H19N3O5/c14-6-5-12-1-3-13(4-2-12)10(18)11-7-8(15)9(16)17/h8,14-15H,1-7H2,(H,11,18)(H,16,17)/t8-/m0/s1. The number of amides is 2. The number of hydrogen-bond acceptors (Lipinski definition) is 5. The van der Waals surface area contributed by atoms with Gasteiger partial charge in [0.1, 0.15) is 0 Å². The molecule has 18 heavy (non-hydrogen) atoms. The van der Waals surface area contributed by atoms with Crippen LogP contribution in [0.1, 0.15) is 0 Å². The van der Waals surface area contributed by atoms with E-state index < -0.39 is 12.1 Å². The first-order valence-electron chi connectivity index (χ1n) is 5.81. The molecule has 1 atom stereocenters. The van der Waals surface area contributed by atoms with Crippen molar-refractivity contribution in [3.05, 3.63) is 0 Å². The van der Waals surface area contributed by atoms with Crippen LogP contribution in [-0.2, 0) is 4.79 Å². The summed E-state index contributed by atoms with van der Waals surface area (Å²) in [4.78, 5) is 25.6. The van der Waals surface area contributed by atoms with Gasteiger partial charge in [-0.05, 0) is 0 Å². The molecule has 1 fully saturated rings. The highest BCUT2D eigenvalue weighted by Crippen LogP contribution is 2.01. The third kappa shape index (κ3) is 4.47. The number of carbonyl (C=O) groups is 2. The number of aliphatic carboxylic acids is 1. The Balaban J connectivity index is 2.25. The third-order valence-corrected chi connectivity index (χ3v) is 2.81. The van der Waals surface area contributed by atoms with Crippen LogP contribution in [0.4, 0.5) is 4.79 Å². The van der Waals surface area contributed by atoms with E-state index in [1.54, 1.807) is 4.90 Å². The van der Waals surface area contributed by atoms with E-state index in [4.69, 9.17) is 15.3 Å². The number of aliphatic hydroxyl groups is 2. The number of β-amino-alcohol motifs (C(OH)–C–C–N with tert-alkyl or cyclic N) is 1. The maximum Gasteiger partial charge on any atom is 0.334 e. The summed E-state index contributed by atoms with van der Waals surface area (Å²) in [5, 5.41) is 28.6. The average Bonchev–Trinajstić information content (AvgIpc) is 2.36. The molecule has 104 valence electrons. The lowest BCUT2D eigenvalue weighted by atomic mass is 10.3. The molecule has 1 aliphatic rings. The summed E-state index contributed by atoms with van der Waals surface area (Å²) in [6, 6.07) is -0.376. The highest BCUT2D eigenvalue weighted by molar-refractivity contribution is 5.76. The van der Waals surface area contributed by atoms with Crippen molar-refractivity contribution in [3.63, 3.8) is 0 Å².